The highest BCUT2D eigenvalue weighted by Gasteiger charge is 2.46. The fraction of sp³-hybridized carbons (Fsp3) is 0.194. The Balaban J connectivity index is 1.11. The SMILES string of the molecule is CCCOc1ccc(-c2nn(-c3ccccc3)cc2C2CC2C(=O)Nc2ccc(-c3nc4ccccc4o3)cc2)cc1C. The number of amides is 1. The van der Waals surface area contributed by atoms with Gasteiger partial charge in [-0.2, -0.15) is 5.10 Å². The lowest BCUT2D eigenvalue weighted by atomic mass is 10.0. The number of carbonyl (C=O) groups excluding carboxylic acids is 1. The zero-order chi connectivity index (χ0) is 29.3. The first kappa shape index (κ1) is 26.7. The molecule has 1 N–H and O–H groups in total. The number of hydrogen-bond donors (Lipinski definition) is 1. The molecule has 7 heteroatoms. The summed E-state index contributed by atoms with van der Waals surface area (Å²) in [7, 11) is 0. The first-order valence-corrected chi connectivity index (χ1v) is 14.7. The Kier molecular flexibility index (Phi) is 6.99. The van der Waals surface area contributed by atoms with Crippen LogP contribution in [0.3, 0.4) is 0 Å². The first-order chi connectivity index (χ1) is 21.1. The standard InChI is InChI=1S/C36H32N4O3/c1-3-19-42-32-18-15-25(20-23(32)2)34-30(22-40(39-34)27-9-5-4-6-10-27)28-21-29(28)35(41)37-26-16-13-24(14-17-26)36-38-31-11-7-8-12-33(31)43-36/h4-18,20,22,28-29H,3,19,21H2,1-2H3,(H,37,41). The van der Waals surface area contributed by atoms with Crippen molar-refractivity contribution in [3.8, 4) is 34.1 Å². The van der Waals surface area contributed by atoms with Crippen LogP contribution in [0.25, 0.3) is 39.5 Å². The highest BCUT2D eigenvalue weighted by Crippen LogP contribution is 2.51. The highest BCUT2D eigenvalue weighted by molar-refractivity contribution is 5.95. The van der Waals surface area contributed by atoms with Crippen LogP contribution >= 0.6 is 0 Å². The molecule has 2 unspecified atom stereocenters. The second kappa shape index (κ2) is 11.2. The molecule has 2 aromatic heterocycles. The lowest BCUT2D eigenvalue weighted by Gasteiger charge is -2.10. The Hall–Kier alpha value is -5.17. The maximum absolute atomic E-state index is 13.4. The molecule has 0 bridgehead atoms. The van der Waals surface area contributed by atoms with E-state index in [1.54, 1.807) is 0 Å². The summed E-state index contributed by atoms with van der Waals surface area (Å²) < 4.78 is 13.7. The summed E-state index contributed by atoms with van der Waals surface area (Å²) >= 11 is 0. The van der Waals surface area contributed by atoms with Crippen LogP contribution in [0.2, 0.25) is 0 Å². The number of hydrogen-bond acceptors (Lipinski definition) is 5. The lowest BCUT2D eigenvalue weighted by molar-refractivity contribution is -0.117. The molecule has 1 saturated carbocycles. The lowest BCUT2D eigenvalue weighted by Crippen LogP contribution is -2.14. The Morgan fingerprint density at radius 3 is 2.51 bits per heavy atom. The predicted octanol–water partition coefficient (Wildman–Crippen LogP) is 8.19. The number of aromatic nitrogens is 3. The van der Waals surface area contributed by atoms with E-state index < -0.39 is 0 Å². The van der Waals surface area contributed by atoms with Crippen molar-refractivity contribution in [2.75, 3.05) is 11.9 Å². The molecule has 1 aliphatic carbocycles. The number of anilines is 1. The quantitative estimate of drug-likeness (QED) is 0.190. The van der Waals surface area contributed by atoms with Crippen LogP contribution in [0.5, 0.6) is 5.75 Å². The van der Waals surface area contributed by atoms with Gasteiger partial charge in [-0.15, -0.1) is 0 Å². The van der Waals surface area contributed by atoms with Crippen LogP contribution in [0.1, 0.15) is 36.8 Å². The number of oxazole rings is 1. The second-order valence-electron chi connectivity index (χ2n) is 11.0. The van der Waals surface area contributed by atoms with Crippen LogP contribution in [0.15, 0.2) is 108 Å². The maximum Gasteiger partial charge on any atom is 0.228 e. The molecule has 0 spiro atoms. The van der Waals surface area contributed by atoms with Gasteiger partial charge in [0.15, 0.2) is 5.58 Å². The van der Waals surface area contributed by atoms with Gasteiger partial charge in [0.1, 0.15) is 11.3 Å². The van der Waals surface area contributed by atoms with Gasteiger partial charge >= 0.3 is 0 Å². The van der Waals surface area contributed by atoms with E-state index >= 15 is 0 Å². The summed E-state index contributed by atoms with van der Waals surface area (Å²) in [6.45, 7) is 4.85. The molecule has 4 aromatic carbocycles. The van der Waals surface area contributed by atoms with Crippen molar-refractivity contribution in [2.24, 2.45) is 5.92 Å². The van der Waals surface area contributed by atoms with E-state index in [1.165, 1.54) is 0 Å². The number of fused-ring (bicyclic) bond motifs is 1. The first-order valence-electron chi connectivity index (χ1n) is 14.7. The van der Waals surface area contributed by atoms with Crippen molar-refractivity contribution in [3.63, 3.8) is 0 Å². The van der Waals surface area contributed by atoms with Gasteiger partial charge in [-0.3, -0.25) is 4.79 Å². The minimum atomic E-state index is -0.128. The number of benzene rings is 4. The monoisotopic (exact) mass is 568 g/mol. The number of ether oxygens (including phenoxy) is 1. The summed E-state index contributed by atoms with van der Waals surface area (Å²) in [5.74, 6) is 1.42. The molecule has 2 atom stereocenters. The molecular formula is C36H32N4O3. The van der Waals surface area contributed by atoms with E-state index in [0.717, 1.165) is 69.0 Å². The molecule has 7 rings (SSSR count). The summed E-state index contributed by atoms with van der Waals surface area (Å²) in [4.78, 5) is 17.9. The number of nitrogens with one attached hydrogen (secondary N) is 1. The molecule has 0 aliphatic heterocycles. The van der Waals surface area contributed by atoms with Crippen LogP contribution in [0, 0.1) is 12.8 Å². The average molecular weight is 569 g/mol. The third-order valence-corrected chi connectivity index (χ3v) is 7.89. The predicted molar refractivity (Wildman–Crippen MR) is 168 cm³/mol. The summed E-state index contributed by atoms with van der Waals surface area (Å²) in [6, 6.07) is 31.6. The van der Waals surface area contributed by atoms with Gasteiger partial charge in [0, 0.05) is 40.4 Å². The molecule has 1 aliphatic rings. The van der Waals surface area contributed by atoms with Gasteiger partial charge in [-0.25, -0.2) is 9.67 Å². The molecule has 43 heavy (non-hydrogen) atoms. The number of nitrogens with zero attached hydrogens (tertiary/aromatic N) is 3. The Labute approximate surface area is 250 Å². The van der Waals surface area contributed by atoms with E-state index in [2.05, 4.69) is 42.5 Å². The zero-order valence-electron chi connectivity index (χ0n) is 24.2. The third kappa shape index (κ3) is 5.42. The molecule has 0 saturated heterocycles. The summed E-state index contributed by atoms with van der Waals surface area (Å²) in [6.07, 6.45) is 3.81. The fourth-order valence-electron chi connectivity index (χ4n) is 5.52. The topological polar surface area (TPSA) is 82.2 Å². The molecule has 6 aromatic rings. The normalized spacial score (nSPS) is 15.9. The molecule has 7 nitrogen and oxygen atoms in total. The van der Waals surface area contributed by atoms with E-state index in [9.17, 15) is 4.79 Å². The van der Waals surface area contributed by atoms with E-state index in [-0.39, 0.29) is 17.7 Å². The molecular weight excluding hydrogens is 536 g/mol. The highest BCUT2D eigenvalue weighted by atomic mass is 16.5. The van der Waals surface area contributed by atoms with Crippen LogP contribution in [-0.4, -0.2) is 27.3 Å². The number of aryl methyl sites for hydroxylation is 1. The molecule has 1 amide bonds. The van der Waals surface area contributed by atoms with Crippen molar-refractivity contribution in [2.45, 2.75) is 32.6 Å². The van der Waals surface area contributed by atoms with Crippen molar-refractivity contribution >= 4 is 22.7 Å². The summed E-state index contributed by atoms with van der Waals surface area (Å²) in [5, 5.41) is 8.12. The average Bonchev–Trinajstić information content (AvgIpc) is 3.51. The van der Waals surface area contributed by atoms with E-state index in [4.69, 9.17) is 14.3 Å². The van der Waals surface area contributed by atoms with Crippen LogP contribution in [0.4, 0.5) is 5.69 Å². The minimum Gasteiger partial charge on any atom is -0.493 e. The smallest absolute Gasteiger partial charge is 0.228 e. The maximum atomic E-state index is 13.4. The zero-order valence-corrected chi connectivity index (χ0v) is 24.2. The van der Waals surface area contributed by atoms with Crippen molar-refractivity contribution in [3.05, 3.63) is 114 Å². The third-order valence-electron chi connectivity index (χ3n) is 7.89. The van der Waals surface area contributed by atoms with Gasteiger partial charge in [-0.1, -0.05) is 37.3 Å². The van der Waals surface area contributed by atoms with Crippen LogP contribution in [-0.2, 0) is 4.79 Å². The van der Waals surface area contributed by atoms with Gasteiger partial charge in [0.05, 0.1) is 18.0 Å². The van der Waals surface area contributed by atoms with Gasteiger partial charge in [-0.05, 0) is 92.1 Å². The van der Waals surface area contributed by atoms with Crippen molar-refractivity contribution < 1.29 is 13.9 Å². The Morgan fingerprint density at radius 1 is 0.977 bits per heavy atom. The Morgan fingerprint density at radius 2 is 1.74 bits per heavy atom. The molecule has 2 heterocycles. The number of para-hydroxylation sites is 3. The number of rotatable bonds is 9. The fourth-order valence-corrected chi connectivity index (χ4v) is 5.52. The van der Waals surface area contributed by atoms with Crippen molar-refractivity contribution in [1.29, 1.82) is 0 Å². The van der Waals surface area contributed by atoms with E-state index in [1.807, 2.05) is 89.6 Å². The molecule has 1 fully saturated rings. The second-order valence-corrected chi connectivity index (χ2v) is 11.0. The summed E-state index contributed by atoms with van der Waals surface area (Å²) in [5.41, 5.74) is 8.22. The van der Waals surface area contributed by atoms with Gasteiger partial charge < -0.3 is 14.5 Å². The van der Waals surface area contributed by atoms with Crippen molar-refractivity contribution in [1.82, 2.24) is 14.8 Å². The molecule has 0 radical (unpaired) electrons. The largest absolute Gasteiger partial charge is 0.493 e. The minimum absolute atomic E-state index is 0.0116. The molecule has 214 valence electrons. The Bertz CT molecular complexity index is 1870. The van der Waals surface area contributed by atoms with Gasteiger partial charge in [0.25, 0.3) is 0 Å². The van der Waals surface area contributed by atoms with E-state index in [0.29, 0.717) is 12.5 Å². The number of carbonyl (C=O) groups is 1. The van der Waals surface area contributed by atoms with Crippen LogP contribution < -0.4 is 10.1 Å². The van der Waals surface area contributed by atoms with Gasteiger partial charge in [0.2, 0.25) is 11.8 Å².